The Hall–Kier alpha value is -1.51. The number of benzene rings is 1. The highest BCUT2D eigenvalue weighted by Crippen LogP contribution is 2.26. The summed E-state index contributed by atoms with van der Waals surface area (Å²) in [4.78, 5) is 12.2. The lowest BCUT2D eigenvalue weighted by atomic mass is 9.81. The smallest absolute Gasteiger partial charge is 0.261 e. The van der Waals surface area contributed by atoms with Gasteiger partial charge in [0, 0.05) is 5.54 Å². The minimum atomic E-state index is -0.503. The molecule has 1 rings (SSSR count). The first kappa shape index (κ1) is 16.5. The standard InChI is InChI=1S/C17H27NO2/c1-13(20-14-10-8-7-9-11-14)15(19)18-17(5,6)12-16(2,3)4/h7-11,13H,12H2,1-6H3,(H,18,19). The van der Waals surface area contributed by atoms with Crippen molar-refractivity contribution in [2.24, 2.45) is 5.41 Å². The zero-order valence-corrected chi connectivity index (χ0v) is 13.5. The molecular formula is C17H27NO2. The number of hydrogen-bond donors (Lipinski definition) is 1. The number of nitrogens with one attached hydrogen (secondary N) is 1. The summed E-state index contributed by atoms with van der Waals surface area (Å²) in [5.41, 5.74) is -0.0794. The van der Waals surface area contributed by atoms with Crippen molar-refractivity contribution < 1.29 is 9.53 Å². The van der Waals surface area contributed by atoms with Gasteiger partial charge in [-0.25, -0.2) is 0 Å². The third kappa shape index (κ3) is 6.09. The van der Waals surface area contributed by atoms with Crippen molar-refractivity contribution in [3.05, 3.63) is 30.3 Å². The number of amides is 1. The topological polar surface area (TPSA) is 38.3 Å². The van der Waals surface area contributed by atoms with E-state index >= 15 is 0 Å². The third-order valence-corrected chi connectivity index (χ3v) is 2.86. The Morgan fingerprint density at radius 1 is 1.15 bits per heavy atom. The monoisotopic (exact) mass is 277 g/mol. The van der Waals surface area contributed by atoms with Crippen LogP contribution in [0.15, 0.2) is 30.3 Å². The van der Waals surface area contributed by atoms with E-state index in [0.717, 1.165) is 6.42 Å². The van der Waals surface area contributed by atoms with Crippen molar-refractivity contribution >= 4 is 5.91 Å². The lowest BCUT2D eigenvalue weighted by Gasteiger charge is -2.34. The summed E-state index contributed by atoms with van der Waals surface area (Å²) in [5.74, 6) is 0.631. The van der Waals surface area contributed by atoms with E-state index in [4.69, 9.17) is 4.74 Å². The Morgan fingerprint density at radius 2 is 1.70 bits per heavy atom. The predicted molar refractivity (Wildman–Crippen MR) is 82.8 cm³/mol. The molecule has 1 atom stereocenters. The Labute approximate surface area is 122 Å². The maximum absolute atomic E-state index is 12.2. The lowest BCUT2D eigenvalue weighted by molar-refractivity contribution is -0.129. The van der Waals surface area contributed by atoms with Crippen molar-refractivity contribution in [3.63, 3.8) is 0 Å². The molecule has 0 aromatic heterocycles. The molecule has 1 unspecified atom stereocenters. The fraction of sp³-hybridized carbons (Fsp3) is 0.588. The summed E-state index contributed by atoms with van der Waals surface area (Å²) in [6, 6.07) is 9.41. The van der Waals surface area contributed by atoms with Gasteiger partial charge in [0.1, 0.15) is 5.75 Å². The molecule has 1 aromatic rings. The molecule has 3 nitrogen and oxygen atoms in total. The SMILES string of the molecule is CC(Oc1ccccc1)C(=O)NC(C)(C)CC(C)(C)C. The summed E-state index contributed by atoms with van der Waals surface area (Å²) >= 11 is 0. The summed E-state index contributed by atoms with van der Waals surface area (Å²) in [6.45, 7) is 12.4. The number of hydrogen-bond acceptors (Lipinski definition) is 2. The Kier molecular flexibility index (Phi) is 5.21. The molecule has 0 radical (unpaired) electrons. The van der Waals surface area contributed by atoms with Crippen LogP contribution in [0.5, 0.6) is 5.75 Å². The maximum atomic E-state index is 12.2. The van der Waals surface area contributed by atoms with E-state index in [9.17, 15) is 4.79 Å². The quantitative estimate of drug-likeness (QED) is 0.889. The molecule has 0 saturated heterocycles. The molecule has 0 bridgehead atoms. The van der Waals surface area contributed by atoms with Gasteiger partial charge in [0.25, 0.3) is 5.91 Å². The van der Waals surface area contributed by atoms with Crippen LogP contribution in [0.4, 0.5) is 0 Å². The average molecular weight is 277 g/mol. The first-order chi connectivity index (χ1) is 9.09. The van der Waals surface area contributed by atoms with Crippen LogP contribution < -0.4 is 10.1 Å². The zero-order valence-electron chi connectivity index (χ0n) is 13.5. The highest BCUT2D eigenvalue weighted by molar-refractivity contribution is 5.81. The number of carbonyl (C=O) groups is 1. The molecule has 0 aliphatic heterocycles. The number of rotatable bonds is 5. The predicted octanol–water partition coefficient (Wildman–Crippen LogP) is 3.78. The third-order valence-electron chi connectivity index (χ3n) is 2.86. The van der Waals surface area contributed by atoms with Gasteiger partial charge in [0.15, 0.2) is 6.10 Å². The van der Waals surface area contributed by atoms with Crippen molar-refractivity contribution in [2.75, 3.05) is 0 Å². The van der Waals surface area contributed by atoms with Crippen LogP contribution in [0.25, 0.3) is 0 Å². The first-order valence-corrected chi connectivity index (χ1v) is 7.13. The van der Waals surface area contributed by atoms with Gasteiger partial charge >= 0.3 is 0 Å². The van der Waals surface area contributed by atoms with E-state index in [-0.39, 0.29) is 16.9 Å². The van der Waals surface area contributed by atoms with E-state index in [1.807, 2.05) is 44.2 Å². The molecule has 1 amide bonds. The number of carbonyl (C=O) groups excluding carboxylic acids is 1. The van der Waals surface area contributed by atoms with E-state index < -0.39 is 6.10 Å². The molecule has 0 spiro atoms. The van der Waals surface area contributed by atoms with Crippen molar-refractivity contribution in [2.45, 2.75) is 59.6 Å². The fourth-order valence-electron chi connectivity index (χ4n) is 2.56. The van der Waals surface area contributed by atoms with Crippen LogP contribution in [0.2, 0.25) is 0 Å². The van der Waals surface area contributed by atoms with Crippen LogP contribution in [0.1, 0.15) is 48.0 Å². The lowest BCUT2D eigenvalue weighted by Crippen LogP contribution is -2.50. The van der Waals surface area contributed by atoms with Gasteiger partial charge in [0.05, 0.1) is 0 Å². The van der Waals surface area contributed by atoms with Crippen LogP contribution in [0.3, 0.4) is 0 Å². The van der Waals surface area contributed by atoms with Crippen LogP contribution >= 0.6 is 0 Å². The van der Waals surface area contributed by atoms with Gasteiger partial charge < -0.3 is 10.1 Å². The van der Waals surface area contributed by atoms with Gasteiger partial charge in [0.2, 0.25) is 0 Å². The van der Waals surface area contributed by atoms with E-state index in [1.165, 1.54) is 0 Å². The number of para-hydroxylation sites is 1. The molecule has 0 aliphatic carbocycles. The van der Waals surface area contributed by atoms with Gasteiger partial charge in [-0.1, -0.05) is 39.0 Å². The summed E-state index contributed by atoms with van der Waals surface area (Å²) in [5, 5.41) is 3.07. The summed E-state index contributed by atoms with van der Waals surface area (Å²) in [6.07, 6.45) is 0.403. The highest BCUT2D eigenvalue weighted by Gasteiger charge is 2.29. The molecule has 20 heavy (non-hydrogen) atoms. The van der Waals surface area contributed by atoms with Gasteiger partial charge in [-0.15, -0.1) is 0 Å². The van der Waals surface area contributed by atoms with Gasteiger partial charge in [-0.3, -0.25) is 4.79 Å². The largest absolute Gasteiger partial charge is 0.481 e. The summed E-state index contributed by atoms with van der Waals surface area (Å²) < 4.78 is 5.64. The molecule has 3 heteroatoms. The molecule has 0 aliphatic rings. The average Bonchev–Trinajstić information content (AvgIpc) is 2.26. The van der Waals surface area contributed by atoms with Crippen LogP contribution in [-0.4, -0.2) is 17.6 Å². The summed E-state index contributed by atoms with van der Waals surface area (Å²) in [7, 11) is 0. The Bertz CT molecular complexity index is 432. The highest BCUT2D eigenvalue weighted by atomic mass is 16.5. The van der Waals surface area contributed by atoms with Crippen LogP contribution in [0, 0.1) is 5.41 Å². The molecule has 112 valence electrons. The Morgan fingerprint density at radius 3 is 2.20 bits per heavy atom. The molecule has 1 aromatic carbocycles. The minimum absolute atomic E-state index is 0.0805. The first-order valence-electron chi connectivity index (χ1n) is 7.13. The molecule has 1 N–H and O–H groups in total. The van der Waals surface area contributed by atoms with Crippen LogP contribution in [-0.2, 0) is 4.79 Å². The second kappa shape index (κ2) is 6.29. The fourth-order valence-corrected chi connectivity index (χ4v) is 2.56. The second-order valence-electron chi connectivity index (χ2n) is 7.18. The second-order valence-corrected chi connectivity index (χ2v) is 7.18. The van der Waals surface area contributed by atoms with Crippen molar-refractivity contribution in [3.8, 4) is 5.75 Å². The molecular weight excluding hydrogens is 250 g/mol. The molecule has 0 fully saturated rings. The minimum Gasteiger partial charge on any atom is -0.481 e. The van der Waals surface area contributed by atoms with E-state index in [1.54, 1.807) is 6.92 Å². The normalized spacial score (nSPS) is 13.7. The van der Waals surface area contributed by atoms with Gasteiger partial charge in [-0.05, 0) is 44.7 Å². The maximum Gasteiger partial charge on any atom is 0.261 e. The van der Waals surface area contributed by atoms with Crippen molar-refractivity contribution in [1.29, 1.82) is 0 Å². The van der Waals surface area contributed by atoms with E-state index in [2.05, 4.69) is 26.1 Å². The Balaban J connectivity index is 2.57. The molecule has 0 saturated carbocycles. The number of ether oxygens (including phenoxy) is 1. The zero-order chi connectivity index (χ0) is 15.4. The van der Waals surface area contributed by atoms with E-state index in [0.29, 0.717) is 5.75 Å². The molecule has 0 heterocycles. The van der Waals surface area contributed by atoms with Gasteiger partial charge in [-0.2, -0.15) is 0 Å². The van der Waals surface area contributed by atoms with Crippen molar-refractivity contribution in [1.82, 2.24) is 5.32 Å².